The van der Waals surface area contributed by atoms with Gasteiger partial charge in [-0.05, 0) is 48.9 Å². The van der Waals surface area contributed by atoms with Gasteiger partial charge in [0.15, 0.2) is 0 Å². The molecule has 2 nitrogen and oxygen atoms in total. The average molecular weight is 279 g/mol. The van der Waals surface area contributed by atoms with E-state index in [4.69, 9.17) is 16.3 Å². The third-order valence-corrected chi connectivity index (χ3v) is 2.94. The van der Waals surface area contributed by atoms with Gasteiger partial charge in [0.25, 0.3) is 0 Å². The van der Waals surface area contributed by atoms with Gasteiger partial charge in [0, 0.05) is 10.6 Å². The number of aryl methyl sites for hydroxylation is 1. The summed E-state index contributed by atoms with van der Waals surface area (Å²) in [6.07, 6.45) is 0. The number of halogens is 1. The Morgan fingerprint density at radius 1 is 1.17 bits per heavy atom. The quantitative estimate of drug-likeness (QED) is 0.836. The van der Waals surface area contributed by atoms with Crippen molar-refractivity contribution >= 4 is 29.3 Å². The lowest BCUT2D eigenvalue weighted by molar-refractivity contribution is 0.109. The van der Waals surface area contributed by atoms with E-state index in [0.29, 0.717) is 22.1 Å². The Kier molecular flexibility index (Phi) is 3.94. The highest BCUT2D eigenvalue weighted by Gasteiger charge is 2.06. The summed E-state index contributed by atoms with van der Waals surface area (Å²) in [5.74, 6) is 1.32. The largest absolute Gasteiger partial charge is 0.457 e. The second-order valence-corrected chi connectivity index (χ2v) is 4.68. The topological polar surface area (TPSA) is 26.3 Å². The zero-order chi connectivity index (χ0) is 13.1. The molecule has 0 spiro atoms. The van der Waals surface area contributed by atoms with Crippen LogP contribution in [-0.4, -0.2) is 5.12 Å². The molecule has 2 aromatic rings. The molecule has 0 aromatic heterocycles. The first-order chi connectivity index (χ1) is 8.56. The molecule has 92 valence electrons. The fraction of sp³-hybridized carbons (Fsp3) is 0.0714. The Morgan fingerprint density at radius 2 is 1.89 bits per heavy atom. The van der Waals surface area contributed by atoms with Gasteiger partial charge >= 0.3 is 0 Å². The minimum Gasteiger partial charge on any atom is -0.457 e. The van der Waals surface area contributed by atoms with Gasteiger partial charge in [-0.25, -0.2) is 0 Å². The van der Waals surface area contributed by atoms with E-state index >= 15 is 0 Å². The van der Waals surface area contributed by atoms with Crippen molar-refractivity contribution in [3.05, 3.63) is 58.6 Å². The molecule has 0 saturated carbocycles. The summed E-state index contributed by atoms with van der Waals surface area (Å²) in [5, 5.41) is 0.369. The van der Waals surface area contributed by atoms with Crippen molar-refractivity contribution in [2.24, 2.45) is 0 Å². The predicted octanol–water partition coefficient (Wildman–Crippen LogP) is 4.51. The van der Waals surface area contributed by atoms with Crippen molar-refractivity contribution in [1.29, 1.82) is 0 Å². The van der Waals surface area contributed by atoms with Gasteiger partial charge in [0.2, 0.25) is 5.12 Å². The Hall–Kier alpha value is -1.45. The minimum atomic E-state index is -0.248. The maximum atomic E-state index is 11.2. The first-order valence-corrected chi connectivity index (χ1v) is 6.16. The summed E-state index contributed by atoms with van der Waals surface area (Å²) in [7, 11) is 0. The first kappa shape index (κ1) is 13.0. The van der Waals surface area contributed by atoms with Gasteiger partial charge in [0.1, 0.15) is 11.5 Å². The summed E-state index contributed by atoms with van der Waals surface area (Å²) in [6, 6.07) is 12.4. The van der Waals surface area contributed by atoms with E-state index in [1.54, 1.807) is 30.3 Å². The fourth-order valence-corrected chi connectivity index (χ4v) is 2.04. The summed E-state index contributed by atoms with van der Waals surface area (Å²) in [5.41, 5.74) is 1.41. The van der Waals surface area contributed by atoms with Crippen LogP contribution in [0.4, 0.5) is 0 Å². The molecule has 0 saturated heterocycles. The number of benzene rings is 2. The zero-order valence-corrected chi connectivity index (χ0v) is 11.3. The third kappa shape index (κ3) is 3.06. The van der Waals surface area contributed by atoms with Crippen LogP contribution in [0.5, 0.6) is 11.5 Å². The highest BCUT2D eigenvalue weighted by atomic mass is 35.5. The minimum absolute atomic E-state index is 0.248. The monoisotopic (exact) mass is 278 g/mol. The number of rotatable bonds is 3. The standard InChI is InChI=1S/C14H11ClO2S/c1-9-7-12(5-6-13(9)14(16)18)17-11-4-2-3-10(15)8-11/h2-8H,1H3,(H,16,18). The van der Waals surface area contributed by atoms with E-state index in [2.05, 4.69) is 12.6 Å². The molecule has 0 N–H and O–H groups in total. The van der Waals surface area contributed by atoms with Crippen LogP contribution in [0.25, 0.3) is 0 Å². The Labute approximate surface area is 116 Å². The van der Waals surface area contributed by atoms with E-state index in [0.717, 1.165) is 5.56 Å². The average Bonchev–Trinajstić information content (AvgIpc) is 2.28. The van der Waals surface area contributed by atoms with Gasteiger partial charge < -0.3 is 4.74 Å². The van der Waals surface area contributed by atoms with E-state index in [1.807, 2.05) is 19.1 Å². The highest BCUT2D eigenvalue weighted by Crippen LogP contribution is 2.26. The van der Waals surface area contributed by atoms with Crippen LogP contribution >= 0.6 is 24.2 Å². The summed E-state index contributed by atoms with van der Waals surface area (Å²) in [4.78, 5) is 11.2. The second-order valence-electron chi connectivity index (χ2n) is 3.84. The van der Waals surface area contributed by atoms with Crippen LogP contribution in [0.2, 0.25) is 5.02 Å². The second kappa shape index (κ2) is 5.46. The molecule has 0 atom stereocenters. The smallest absolute Gasteiger partial charge is 0.216 e. The molecule has 0 aliphatic heterocycles. The van der Waals surface area contributed by atoms with Gasteiger partial charge in [-0.2, -0.15) is 0 Å². The Balaban J connectivity index is 2.25. The lowest BCUT2D eigenvalue weighted by Gasteiger charge is -2.08. The fourth-order valence-electron chi connectivity index (χ4n) is 1.61. The predicted molar refractivity (Wildman–Crippen MR) is 76.0 cm³/mol. The molecule has 0 heterocycles. The Bertz CT molecular complexity index is 596. The number of carbonyl (C=O) groups is 1. The summed E-state index contributed by atoms with van der Waals surface area (Å²) >= 11 is 9.68. The Morgan fingerprint density at radius 3 is 2.50 bits per heavy atom. The lowest BCUT2D eigenvalue weighted by Crippen LogP contribution is -1.94. The summed E-state index contributed by atoms with van der Waals surface area (Å²) in [6.45, 7) is 1.84. The molecule has 2 aromatic carbocycles. The number of hydrogen-bond acceptors (Lipinski definition) is 2. The van der Waals surface area contributed by atoms with Gasteiger partial charge in [-0.1, -0.05) is 17.7 Å². The molecular formula is C14H11ClO2S. The van der Waals surface area contributed by atoms with Crippen molar-refractivity contribution < 1.29 is 9.53 Å². The normalized spacial score (nSPS) is 10.2. The molecular weight excluding hydrogens is 268 g/mol. The van der Waals surface area contributed by atoms with Crippen LogP contribution in [0.1, 0.15) is 15.9 Å². The van der Waals surface area contributed by atoms with Crippen LogP contribution < -0.4 is 4.74 Å². The van der Waals surface area contributed by atoms with Crippen molar-refractivity contribution in [2.45, 2.75) is 6.92 Å². The van der Waals surface area contributed by atoms with E-state index in [1.165, 1.54) is 0 Å². The van der Waals surface area contributed by atoms with Crippen LogP contribution in [0.3, 0.4) is 0 Å². The zero-order valence-electron chi connectivity index (χ0n) is 9.68. The number of ether oxygens (including phenoxy) is 1. The molecule has 2 rings (SSSR count). The van der Waals surface area contributed by atoms with E-state index in [-0.39, 0.29) is 5.12 Å². The molecule has 0 amide bonds. The SMILES string of the molecule is Cc1cc(Oc2cccc(Cl)c2)ccc1C(=O)S. The molecule has 4 heteroatoms. The number of hydrogen-bond donors (Lipinski definition) is 1. The maximum absolute atomic E-state index is 11.2. The molecule has 0 unspecified atom stereocenters. The highest BCUT2D eigenvalue weighted by molar-refractivity contribution is 7.97. The molecule has 0 aliphatic carbocycles. The molecule has 0 radical (unpaired) electrons. The first-order valence-electron chi connectivity index (χ1n) is 5.33. The van der Waals surface area contributed by atoms with Crippen LogP contribution in [-0.2, 0) is 0 Å². The van der Waals surface area contributed by atoms with E-state index < -0.39 is 0 Å². The van der Waals surface area contributed by atoms with Crippen molar-refractivity contribution in [2.75, 3.05) is 0 Å². The molecule has 0 bridgehead atoms. The third-order valence-electron chi connectivity index (χ3n) is 2.46. The number of thiol groups is 1. The van der Waals surface area contributed by atoms with Crippen LogP contribution in [0.15, 0.2) is 42.5 Å². The van der Waals surface area contributed by atoms with Crippen molar-refractivity contribution in [1.82, 2.24) is 0 Å². The molecule has 0 fully saturated rings. The van der Waals surface area contributed by atoms with Gasteiger partial charge in [-0.15, -0.1) is 12.6 Å². The number of carbonyl (C=O) groups excluding carboxylic acids is 1. The van der Waals surface area contributed by atoms with Gasteiger partial charge in [-0.3, -0.25) is 4.79 Å². The van der Waals surface area contributed by atoms with Crippen LogP contribution in [0, 0.1) is 6.92 Å². The van der Waals surface area contributed by atoms with Crippen molar-refractivity contribution in [3.63, 3.8) is 0 Å². The summed E-state index contributed by atoms with van der Waals surface area (Å²) < 4.78 is 5.65. The maximum Gasteiger partial charge on any atom is 0.216 e. The van der Waals surface area contributed by atoms with Gasteiger partial charge in [0.05, 0.1) is 0 Å². The molecule has 18 heavy (non-hydrogen) atoms. The molecule has 0 aliphatic rings. The lowest BCUT2D eigenvalue weighted by atomic mass is 10.1. The van der Waals surface area contributed by atoms with Crippen molar-refractivity contribution in [3.8, 4) is 11.5 Å². The van der Waals surface area contributed by atoms with E-state index in [9.17, 15) is 4.79 Å².